The molecule has 4 heteroatoms. The molecule has 1 heterocycles. The van der Waals surface area contributed by atoms with Crippen molar-refractivity contribution < 1.29 is 9.52 Å². The summed E-state index contributed by atoms with van der Waals surface area (Å²) in [6.07, 6.45) is 3.83. The molecule has 0 saturated carbocycles. The SMILES string of the molecule is O=C=Nc1ccc[n+]([O-])c1. The van der Waals surface area contributed by atoms with Gasteiger partial charge in [0.05, 0.1) is 0 Å². The highest BCUT2D eigenvalue weighted by Gasteiger charge is 1.91. The summed E-state index contributed by atoms with van der Waals surface area (Å²) < 4.78 is 0.566. The third-order valence-electron chi connectivity index (χ3n) is 0.934. The molecule has 1 aromatic heterocycles. The Bertz CT molecular complexity index is 279. The first-order valence-corrected chi connectivity index (χ1v) is 2.59. The van der Waals surface area contributed by atoms with E-state index >= 15 is 0 Å². The van der Waals surface area contributed by atoms with Gasteiger partial charge in [0.2, 0.25) is 12.3 Å². The van der Waals surface area contributed by atoms with Crippen molar-refractivity contribution in [3.05, 3.63) is 29.7 Å². The van der Waals surface area contributed by atoms with Crippen LogP contribution in [0, 0.1) is 5.21 Å². The lowest BCUT2D eigenvalue weighted by Gasteiger charge is -1.92. The molecule has 50 valence electrons. The molecule has 0 fully saturated rings. The van der Waals surface area contributed by atoms with E-state index in [1.54, 1.807) is 6.07 Å². The van der Waals surface area contributed by atoms with E-state index in [4.69, 9.17) is 0 Å². The third kappa shape index (κ3) is 1.40. The molecule has 0 N–H and O–H groups in total. The fraction of sp³-hybridized carbons (Fsp3) is 0. The predicted octanol–water partition coefficient (Wildman–Crippen LogP) is 0.287. The first-order chi connectivity index (χ1) is 4.83. The van der Waals surface area contributed by atoms with Crippen LogP contribution in [0.5, 0.6) is 0 Å². The molecule has 10 heavy (non-hydrogen) atoms. The Hall–Kier alpha value is -1.67. The molecule has 0 amide bonds. The summed E-state index contributed by atoms with van der Waals surface area (Å²) in [5.41, 5.74) is 0.313. The molecule has 1 rings (SSSR count). The highest BCUT2D eigenvalue weighted by Crippen LogP contribution is 2.03. The fourth-order valence-corrected chi connectivity index (χ4v) is 0.562. The van der Waals surface area contributed by atoms with Crippen LogP contribution in [-0.4, -0.2) is 6.08 Å². The number of rotatable bonds is 1. The molecular weight excluding hydrogens is 132 g/mol. The van der Waals surface area contributed by atoms with Crippen LogP contribution in [0.2, 0.25) is 0 Å². The smallest absolute Gasteiger partial charge is 0.240 e. The Kier molecular flexibility index (Phi) is 1.78. The average Bonchev–Trinajstić information content (AvgIpc) is 1.88. The van der Waals surface area contributed by atoms with E-state index in [9.17, 15) is 10.0 Å². The summed E-state index contributed by atoms with van der Waals surface area (Å²) in [7, 11) is 0. The van der Waals surface area contributed by atoms with Gasteiger partial charge in [-0.05, 0) is 6.07 Å². The van der Waals surface area contributed by atoms with Crippen molar-refractivity contribution in [2.75, 3.05) is 0 Å². The quantitative estimate of drug-likeness (QED) is 0.241. The summed E-state index contributed by atoms with van der Waals surface area (Å²) in [5, 5.41) is 10.5. The van der Waals surface area contributed by atoms with E-state index in [-0.39, 0.29) is 0 Å². The predicted molar refractivity (Wildman–Crippen MR) is 33.2 cm³/mol. The van der Waals surface area contributed by atoms with Gasteiger partial charge in [-0.3, -0.25) is 0 Å². The topological polar surface area (TPSA) is 56.4 Å². The zero-order chi connectivity index (χ0) is 7.40. The van der Waals surface area contributed by atoms with Gasteiger partial charge in [0.15, 0.2) is 6.20 Å². The molecule has 0 aliphatic heterocycles. The van der Waals surface area contributed by atoms with Gasteiger partial charge in [0, 0.05) is 6.07 Å². The first kappa shape index (κ1) is 6.45. The van der Waals surface area contributed by atoms with Crippen LogP contribution in [0.15, 0.2) is 29.5 Å². The van der Waals surface area contributed by atoms with Gasteiger partial charge in [0.25, 0.3) is 0 Å². The van der Waals surface area contributed by atoms with Gasteiger partial charge in [0.1, 0.15) is 5.69 Å². The monoisotopic (exact) mass is 136 g/mol. The van der Waals surface area contributed by atoms with Gasteiger partial charge >= 0.3 is 0 Å². The van der Waals surface area contributed by atoms with Gasteiger partial charge in [-0.15, -0.1) is 0 Å². The van der Waals surface area contributed by atoms with Crippen molar-refractivity contribution in [3.8, 4) is 0 Å². The van der Waals surface area contributed by atoms with E-state index < -0.39 is 0 Å². The summed E-state index contributed by atoms with van der Waals surface area (Å²) >= 11 is 0. The summed E-state index contributed by atoms with van der Waals surface area (Å²) in [4.78, 5) is 12.9. The number of aromatic nitrogens is 1. The molecule has 0 unspecified atom stereocenters. The van der Waals surface area contributed by atoms with E-state index in [0.717, 1.165) is 0 Å². The maximum Gasteiger partial charge on any atom is 0.240 e. The highest BCUT2D eigenvalue weighted by atomic mass is 16.5. The third-order valence-corrected chi connectivity index (χ3v) is 0.934. The van der Waals surface area contributed by atoms with Crippen molar-refractivity contribution in [1.29, 1.82) is 0 Å². The second-order valence-corrected chi connectivity index (χ2v) is 1.63. The molecule has 0 radical (unpaired) electrons. The van der Waals surface area contributed by atoms with Crippen molar-refractivity contribution in [2.45, 2.75) is 0 Å². The van der Waals surface area contributed by atoms with Crippen LogP contribution in [0.25, 0.3) is 0 Å². The minimum atomic E-state index is 0.313. The number of hydrogen-bond donors (Lipinski definition) is 0. The minimum Gasteiger partial charge on any atom is -0.619 e. The van der Waals surface area contributed by atoms with Crippen molar-refractivity contribution in [1.82, 2.24) is 0 Å². The maximum atomic E-state index is 10.5. The van der Waals surface area contributed by atoms with Crippen LogP contribution >= 0.6 is 0 Å². The Morgan fingerprint density at radius 1 is 1.70 bits per heavy atom. The fourth-order valence-electron chi connectivity index (χ4n) is 0.562. The molecule has 0 spiro atoms. The standard InChI is InChI=1S/C6H4N2O2/c9-5-7-6-2-1-3-8(10)4-6/h1-4H. The molecule has 0 bridgehead atoms. The van der Waals surface area contributed by atoms with Crippen molar-refractivity contribution in [3.63, 3.8) is 0 Å². The van der Waals surface area contributed by atoms with E-state index in [2.05, 4.69) is 4.99 Å². The number of aliphatic imine (C=N–C) groups is 1. The lowest BCUT2D eigenvalue weighted by atomic mass is 10.4. The summed E-state index contributed by atoms with van der Waals surface area (Å²) in [6.45, 7) is 0. The summed E-state index contributed by atoms with van der Waals surface area (Å²) in [6, 6.07) is 3.04. The van der Waals surface area contributed by atoms with Crippen LogP contribution in [0.1, 0.15) is 0 Å². The Labute approximate surface area is 57.0 Å². The van der Waals surface area contributed by atoms with Gasteiger partial charge in [-0.1, -0.05) is 0 Å². The lowest BCUT2D eigenvalue weighted by Crippen LogP contribution is -2.23. The second kappa shape index (κ2) is 2.75. The molecule has 0 atom stereocenters. The van der Waals surface area contributed by atoms with Crippen LogP contribution in [0.4, 0.5) is 5.69 Å². The number of hydrogen-bond acceptors (Lipinski definition) is 3. The molecule has 0 aromatic carbocycles. The molecular formula is C6H4N2O2. The van der Waals surface area contributed by atoms with Crippen LogP contribution in [-0.2, 0) is 4.79 Å². The Morgan fingerprint density at radius 2 is 2.50 bits per heavy atom. The van der Waals surface area contributed by atoms with Crippen molar-refractivity contribution >= 4 is 11.8 Å². The number of isocyanates is 1. The first-order valence-electron chi connectivity index (χ1n) is 2.59. The Morgan fingerprint density at radius 3 is 3.10 bits per heavy atom. The molecule has 0 aliphatic carbocycles. The van der Waals surface area contributed by atoms with E-state index in [1.807, 2.05) is 0 Å². The minimum absolute atomic E-state index is 0.313. The largest absolute Gasteiger partial charge is 0.619 e. The Balaban J connectivity index is 3.06. The van der Waals surface area contributed by atoms with Crippen LogP contribution < -0.4 is 4.73 Å². The van der Waals surface area contributed by atoms with Gasteiger partial charge < -0.3 is 5.21 Å². The molecule has 1 aromatic rings. The van der Waals surface area contributed by atoms with Gasteiger partial charge in [-0.2, -0.15) is 9.72 Å². The molecule has 0 saturated heterocycles. The zero-order valence-corrected chi connectivity index (χ0v) is 5.02. The van der Waals surface area contributed by atoms with Crippen LogP contribution in [0.3, 0.4) is 0 Å². The highest BCUT2D eigenvalue weighted by molar-refractivity contribution is 5.45. The zero-order valence-electron chi connectivity index (χ0n) is 5.02. The number of nitrogens with zero attached hydrogens (tertiary/aromatic N) is 2. The number of carbonyl (C=O) groups excluding carboxylic acids is 1. The van der Waals surface area contributed by atoms with Crippen molar-refractivity contribution in [2.24, 2.45) is 4.99 Å². The van der Waals surface area contributed by atoms with E-state index in [1.165, 1.54) is 24.5 Å². The summed E-state index contributed by atoms with van der Waals surface area (Å²) in [5.74, 6) is 0. The average molecular weight is 136 g/mol. The van der Waals surface area contributed by atoms with E-state index in [0.29, 0.717) is 10.4 Å². The molecule has 0 aliphatic rings. The second-order valence-electron chi connectivity index (χ2n) is 1.63. The normalized spacial score (nSPS) is 8.40. The molecule has 4 nitrogen and oxygen atoms in total. The van der Waals surface area contributed by atoms with Gasteiger partial charge in [-0.25, -0.2) is 4.79 Å². The lowest BCUT2D eigenvalue weighted by molar-refractivity contribution is -0.604. The number of pyridine rings is 1. The maximum absolute atomic E-state index is 10.5.